The normalized spacial score (nSPS) is 20.2. The largest absolute Gasteiger partial charge is 0.370 e. The summed E-state index contributed by atoms with van der Waals surface area (Å²) in [6.07, 6.45) is 1.36. The van der Waals surface area contributed by atoms with E-state index in [0.29, 0.717) is 32.4 Å². The lowest BCUT2D eigenvalue weighted by atomic mass is 10.1. The number of guanidine groups is 1. The molecule has 0 radical (unpaired) electrons. The minimum Gasteiger partial charge on any atom is -0.370 e. The van der Waals surface area contributed by atoms with Crippen LogP contribution < -0.4 is 22.7 Å². The topological polar surface area (TPSA) is 160 Å². The van der Waals surface area contributed by atoms with E-state index < -0.39 is 18.0 Å². The maximum atomic E-state index is 11.8. The Morgan fingerprint density at radius 2 is 2.26 bits per heavy atom. The molecule has 0 saturated carbocycles. The van der Waals surface area contributed by atoms with E-state index >= 15 is 0 Å². The quantitative estimate of drug-likeness (QED) is 0.118. The molecule has 1 aliphatic heterocycles. The summed E-state index contributed by atoms with van der Waals surface area (Å²) in [5.74, 6) is -0.940. The van der Waals surface area contributed by atoms with Crippen LogP contribution in [0.4, 0.5) is 0 Å². The maximum Gasteiger partial charge on any atom is 0.266 e. The van der Waals surface area contributed by atoms with Crippen molar-refractivity contribution in [2.24, 2.45) is 22.2 Å². The first-order valence-electron chi connectivity index (χ1n) is 6.02. The van der Waals surface area contributed by atoms with Crippen molar-refractivity contribution in [3.05, 3.63) is 0 Å². The fraction of sp³-hybridized carbons (Fsp3) is 0.700. The molecule has 0 spiro atoms. The molecule has 1 rings (SSSR count). The second kappa shape index (κ2) is 6.90. The molecule has 1 saturated heterocycles. The SMILES string of the molecule is NC(N)=NCCC[C@@H](C(=O)NO)N1CC[C@H](N)C1=O. The van der Waals surface area contributed by atoms with Crippen LogP contribution in [0.2, 0.25) is 0 Å². The van der Waals surface area contributed by atoms with Gasteiger partial charge in [-0.15, -0.1) is 0 Å². The Morgan fingerprint density at radius 1 is 1.58 bits per heavy atom. The van der Waals surface area contributed by atoms with E-state index in [1.165, 1.54) is 4.90 Å². The van der Waals surface area contributed by atoms with E-state index in [0.717, 1.165) is 0 Å². The highest BCUT2D eigenvalue weighted by atomic mass is 16.5. The minimum atomic E-state index is -0.750. The molecule has 0 bridgehead atoms. The molecule has 9 heteroatoms. The van der Waals surface area contributed by atoms with Gasteiger partial charge >= 0.3 is 0 Å². The molecule has 8 N–H and O–H groups in total. The van der Waals surface area contributed by atoms with Gasteiger partial charge in [0.2, 0.25) is 5.91 Å². The molecule has 2 atom stereocenters. The van der Waals surface area contributed by atoms with Gasteiger partial charge in [0.25, 0.3) is 5.91 Å². The summed E-state index contributed by atoms with van der Waals surface area (Å²) < 4.78 is 0. The van der Waals surface area contributed by atoms with E-state index in [-0.39, 0.29) is 11.9 Å². The zero-order valence-electron chi connectivity index (χ0n) is 10.6. The average molecular weight is 272 g/mol. The Labute approximate surface area is 110 Å². The molecule has 1 fully saturated rings. The Kier molecular flexibility index (Phi) is 5.52. The van der Waals surface area contributed by atoms with Crippen molar-refractivity contribution in [3.63, 3.8) is 0 Å². The molecular weight excluding hydrogens is 252 g/mol. The maximum absolute atomic E-state index is 11.8. The first kappa shape index (κ1) is 15.2. The second-order valence-corrected chi connectivity index (χ2v) is 4.37. The third-order valence-electron chi connectivity index (χ3n) is 3.00. The van der Waals surface area contributed by atoms with E-state index in [2.05, 4.69) is 4.99 Å². The molecule has 19 heavy (non-hydrogen) atoms. The average Bonchev–Trinajstić information content (AvgIpc) is 2.69. The lowest BCUT2D eigenvalue weighted by Gasteiger charge is -2.25. The van der Waals surface area contributed by atoms with Gasteiger partial charge in [-0.3, -0.25) is 19.8 Å². The monoisotopic (exact) mass is 272 g/mol. The molecule has 2 amide bonds. The van der Waals surface area contributed by atoms with Crippen molar-refractivity contribution in [3.8, 4) is 0 Å². The van der Waals surface area contributed by atoms with Gasteiger partial charge in [-0.2, -0.15) is 0 Å². The molecule has 1 aliphatic rings. The standard InChI is InChI=1S/C10H20N6O3/c11-6-3-5-16(9(6)18)7(8(17)15-19)2-1-4-14-10(12)13/h6-7,19H,1-5,11H2,(H,15,17)(H4,12,13,14)/t6-,7-/m0/s1. The van der Waals surface area contributed by atoms with Gasteiger partial charge < -0.3 is 22.1 Å². The Bertz CT molecular complexity index is 368. The van der Waals surface area contributed by atoms with Crippen LogP contribution in [-0.4, -0.2) is 53.1 Å². The van der Waals surface area contributed by atoms with Crippen molar-refractivity contribution in [2.75, 3.05) is 13.1 Å². The number of rotatable bonds is 6. The Balaban J connectivity index is 2.60. The molecule has 0 unspecified atom stereocenters. The molecular formula is C10H20N6O3. The van der Waals surface area contributed by atoms with Crippen molar-refractivity contribution in [1.29, 1.82) is 0 Å². The predicted molar refractivity (Wildman–Crippen MR) is 67.9 cm³/mol. The van der Waals surface area contributed by atoms with E-state index in [4.69, 9.17) is 22.4 Å². The number of nitrogens with two attached hydrogens (primary N) is 3. The van der Waals surface area contributed by atoms with Gasteiger partial charge in [-0.25, -0.2) is 5.48 Å². The van der Waals surface area contributed by atoms with E-state index in [9.17, 15) is 9.59 Å². The predicted octanol–water partition coefficient (Wildman–Crippen LogP) is -2.53. The molecule has 0 aromatic carbocycles. The Hall–Kier alpha value is -1.87. The van der Waals surface area contributed by atoms with Crippen LogP contribution in [0.15, 0.2) is 4.99 Å². The van der Waals surface area contributed by atoms with Crippen LogP contribution in [-0.2, 0) is 9.59 Å². The molecule has 0 aromatic rings. The summed E-state index contributed by atoms with van der Waals surface area (Å²) in [4.78, 5) is 28.6. The van der Waals surface area contributed by atoms with Crippen LogP contribution in [0.3, 0.4) is 0 Å². The van der Waals surface area contributed by atoms with Crippen LogP contribution in [0.25, 0.3) is 0 Å². The third kappa shape index (κ3) is 4.07. The van der Waals surface area contributed by atoms with Crippen molar-refractivity contribution < 1.29 is 14.8 Å². The van der Waals surface area contributed by atoms with Gasteiger partial charge in [0.05, 0.1) is 6.04 Å². The van der Waals surface area contributed by atoms with Crippen LogP contribution >= 0.6 is 0 Å². The molecule has 108 valence electrons. The highest BCUT2D eigenvalue weighted by Gasteiger charge is 2.36. The van der Waals surface area contributed by atoms with Crippen LogP contribution in [0.5, 0.6) is 0 Å². The van der Waals surface area contributed by atoms with Gasteiger partial charge in [-0.1, -0.05) is 0 Å². The van der Waals surface area contributed by atoms with Crippen molar-refractivity contribution in [1.82, 2.24) is 10.4 Å². The molecule has 0 aliphatic carbocycles. The highest BCUT2D eigenvalue weighted by Crippen LogP contribution is 2.16. The third-order valence-corrected chi connectivity index (χ3v) is 3.00. The van der Waals surface area contributed by atoms with Gasteiger partial charge in [-0.05, 0) is 19.3 Å². The molecule has 1 heterocycles. The smallest absolute Gasteiger partial charge is 0.266 e. The lowest BCUT2D eigenvalue weighted by molar-refractivity contribution is -0.142. The fourth-order valence-corrected chi connectivity index (χ4v) is 2.03. The lowest BCUT2D eigenvalue weighted by Crippen LogP contribution is -2.48. The zero-order chi connectivity index (χ0) is 14.4. The Morgan fingerprint density at radius 3 is 2.74 bits per heavy atom. The number of hydrogen-bond acceptors (Lipinski definition) is 5. The number of hydroxylamine groups is 1. The van der Waals surface area contributed by atoms with Gasteiger partial charge in [0.15, 0.2) is 5.96 Å². The van der Waals surface area contributed by atoms with E-state index in [1.807, 2.05) is 0 Å². The number of nitrogens with zero attached hydrogens (tertiary/aromatic N) is 2. The van der Waals surface area contributed by atoms with Crippen LogP contribution in [0.1, 0.15) is 19.3 Å². The number of nitrogens with one attached hydrogen (secondary N) is 1. The minimum absolute atomic E-state index is 0.0255. The first-order valence-corrected chi connectivity index (χ1v) is 6.02. The number of aliphatic imine (C=N–C) groups is 1. The number of carbonyl (C=O) groups excluding carboxylic acids is 2. The van der Waals surface area contributed by atoms with Crippen molar-refractivity contribution >= 4 is 17.8 Å². The molecule has 9 nitrogen and oxygen atoms in total. The summed E-state index contributed by atoms with van der Waals surface area (Å²) >= 11 is 0. The summed E-state index contributed by atoms with van der Waals surface area (Å²) in [5, 5.41) is 8.73. The summed E-state index contributed by atoms with van der Waals surface area (Å²) in [6.45, 7) is 0.756. The number of hydrogen-bond donors (Lipinski definition) is 5. The summed E-state index contributed by atoms with van der Waals surface area (Å²) in [5.41, 5.74) is 17.5. The van der Waals surface area contributed by atoms with Crippen molar-refractivity contribution in [2.45, 2.75) is 31.3 Å². The fourth-order valence-electron chi connectivity index (χ4n) is 2.03. The van der Waals surface area contributed by atoms with Gasteiger partial charge in [0.1, 0.15) is 6.04 Å². The number of likely N-dealkylation sites (tertiary alicyclic amines) is 1. The molecule has 0 aromatic heterocycles. The zero-order valence-corrected chi connectivity index (χ0v) is 10.6. The summed E-state index contributed by atoms with van der Waals surface area (Å²) in [6, 6.07) is -1.33. The van der Waals surface area contributed by atoms with Crippen LogP contribution in [0, 0.1) is 0 Å². The second-order valence-electron chi connectivity index (χ2n) is 4.37. The highest BCUT2D eigenvalue weighted by molar-refractivity contribution is 5.90. The first-order chi connectivity index (χ1) is 8.97. The number of carbonyl (C=O) groups is 2. The van der Waals surface area contributed by atoms with Gasteiger partial charge in [0, 0.05) is 13.1 Å². The number of amides is 2. The summed E-state index contributed by atoms with van der Waals surface area (Å²) in [7, 11) is 0. The van der Waals surface area contributed by atoms with E-state index in [1.54, 1.807) is 5.48 Å².